The van der Waals surface area contributed by atoms with Crippen molar-refractivity contribution < 1.29 is 71.0 Å². The average Bonchev–Trinajstić information content (AvgIpc) is 3.88. The quantitative estimate of drug-likeness (QED) is 0.0226. The summed E-state index contributed by atoms with van der Waals surface area (Å²) >= 11 is 0. The van der Waals surface area contributed by atoms with Gasteiger partial charge >= 0.3 is 33.4 Å². The molecule has 32 heteroatoms. The van der Waals surface area contributed by atoms with Crippen LogP contribution in [-0.4, -0.2) is 133 Å². The lowest BCUT2D eigenvalue weighted by Crippen LogP contribution is -2.49. The summed E-state index contributed by atoms with van der Waals surface area (Å²) in [5.41, 5.74) is 19.0. The standard InChI is InChI=1S/C33H50N12O16P2S2/c1-32(2,3)60-31(49)41-17(9-16(11-40-43-36)64-65-33(4,5)6)29(47)59-25-20(58-28(24(25)46)45-15-39-23-26(35)37-14-38-27(23)45)13-56-63(53,54)61-18-10-22(44-8-7-21(34)42-30(44)48)57-19(18)12-55-62(50,51)52/h7-8,14-20,22,24-25,28,46H,9-13H2,1-6H3,(H,41,49)(H,53,54)(H2,34,42,48)(H2,35,37,38)(H2,50,51,52)/t16?,17-,18-,19+,20+,22+,24+,25+,28+/m0/s1. The lowest BCUT2D eigenvalue weighted by atomic mass is 10.1. The highest BCUT2D eigenvalue weighted by Crippen LogP contribution is 2.50. The number of carbonyl (C=O) groups excluding carboxylic acids is 2. The van der Waals surface area contributed by atoms with Crippen molar-refractivity contribution in [2.75, 3.05) is 31.2 Å². The molecule has 0 spiro atoms. The van der Waals surface area contributed by atoms with Crippen LogP contribution in [-0.2, 0) is 46.4 Å². The minimum Gasteiger partial charge on any atom is -0.455 e. The number of esters is 1. The van der Waals surface area contributed by atoms with Crippen molar-refractivity contribution in [3.8, 4) is 0 Å². The predicted molar refractivity (Wildman–Crippen MR) is 230 cm³/mol. The zero-order valence-corrected chi connectivity index (χ0v) is 39.0. The molecule has 9 N–H and O–H groups in total. The first-order valence-electron chi connectivity index (χ1n) is 19.4. The number of azide groups is 1. The van der Waals surface area contributed by atoms with Gasteiger partial charge in [0.1, 0.15) is 59.9 Å². The minimum absolute atomic E-state index is 0.0172. The predicted octanol–water partition coefficient (Wildman–Crippen LogP) is 2.46. The van der Waals surface area contributed by atoms with Crippen LogP contribution < -0.4 is 22.5 Å². The third kappa shape index (κ3) is 14.9. The lowest BCUT2D eigenvalue weighted by molar-refractivity contribution is -0.159. The molecule has 0 aliphatic carbocycles. The molecule has 3 aromatic rings. The van der Waals surface area contributed by atoms with Gasteiger partial charge in [0.25, 0.3) is 0 Å². The number of carbonyl (C=O) groups is 2. The molecular weight excluding hydrogens is 947 g/mol. The van der Waals surface area contributed by atoms with Gasteiger partial charge in [0.05, 0.1) is 19.5 Å². The van der Waals surface area contributed by atoms with Gasteiger partial charge in [-0.15, -0.1) is 0 Å². The molecule has 28 nitrogen and oxygen atoms in total. The number of nitrogens with zero attached hydrogens (tertiary/aromatic N) is 9. The topological polar surface area (TPSA) is 405 Å². The van der Waals surface area contributed by atoms with E-state index in [1.807, 2.05) is 20.8 Å². The van der Waals surface area contributed by atoms with Crippen LogP contribution in [0.4, 0.5) is 16.4 Å². The average molecular weight is 997 g/mol. The van der Waals surface area contributed by atoms with Gasteiger partial charge in [0.2, 0.25) is 0 Å². The summed E-state index contributed by atoms with van der Waals surface area (Å²) in [4.78, 5) is 88.3. The molecule has 10 atom stereocenters. The molecule has 1 amide bonds. The van der Waals surface area contributed by atoms with Crippen LogP contribution in [0, 0.1) is 0 Å². The first kappa shape index (κ1) is 51.9. The number of nitrogen functional groups attached to an aromatic ring is 2. The number of nitrogens with two attached hydrogens (primary N) is 2. The maximum absolute atomic E-state index is 14.2. The summed E-state index contributed by atoms with van der Waals surface area (Å²) < 4.78 is 65.5. The van der Waals surface area contributed by atoms with Gasteiger partial charge in [-0.3, -0.25) is 22.7 Å². The van der Waals surface area contributed by atoms with E-state index in [1.165, 1.54) is 44.7 Å². The van der Waals surface area contributed by atoms with Crippen LogP contribution in [0.5, 0.6) is 0 Å². The number of alkyl carbamates (subject to hydrolysis) is 1. The van der Waals surface area contributed by atoms with E-state index in [-0.39, 0.29) is 46.9 Å². The molecular formula is C33H50N12O16P2S2. The van der Waals surface area contributed by atoms with Crippen molar-refractivity contribution in [3.63, 3.8) is 0 Å². The van der Waals surface area contributed by atoms with E-state index in [9.17, 15) is 43.3 Å². The number of aromatic nitrogens is 6. The maximum Gasteiger partial charge on any atom is 0.472 e. The highest BCUT2D eigenvalue weighted by Gasteiger charge is 2.50. The molecule has 2 aliphatic heterocycles. The largest absolute Gasteiger partial charge is 0.472 e. The lowest BCUT2D eigenvalue weighted by Gasteiger charge is -2.28. The molecule has 0 aromatic carbocycles. The smallest absolute Gasteiger partial charge is 0.455 e. The fourth-order valence-electron chi connectivity index (χ4n) is 6.23. The summed E-state index contributed by atoms with van der Waals surface area (Å²) in [6, 6.07) is -0.228. The van der Waals surface area contributed by atoms with Crippen LogP contribution in [0.1, 0.15) is 66.8 Å². The van der Waals surface area contributed by atoms with Gasteiger partial charge in [0, 0.05) is 34.1 Å². The molecule has 2 saturated heterocycles. The van der Waals surface area contributed by atoms with Crippen molar-refractivity contribution in [2.24, 2.45) is 5.11 Å². The number of hydrogen-bond donors (Lipinski definition) is 7. The molecule has 5 rings (SSSR count). The molecule has 2 fully saturated rings. The van der Waals surface area contributed by atoms with Gasteiger partial charge in [0.15, 0.2) is 23.8 Å². The van der Waals surface area contributed by atoms with Crippen LogP contribution >= 0.6 is 37.2 Å². The van der Waals surface area contributed by atoms with E-state index in [1.54, 1.807) is 20.8 Å². The van der Waals surface area contributed by atoms with Crippen LogP contribution in [0.2, 0.25) is 0 Å². The minimum atomic E-state index is -5.28. The molecule has 65 heavy (non-hydrogen) atoms. The first-order valence-corrected chi connectivity index (χ1v) is 24.6. The molecule has 0 radical (unpaired) electrons. The highest BCUT2D eigenvalue weighted by molar-refractivity contribution is 8.77. The first-order chi connectivity index (χ1) is 30.2. The van der Waals surface area contributed by atoms with Gasteiger partial charge in [-0.25, -0.2) is 38.5 Å². The van der Waals surface area contributed by atoms with Crippen molar-refractivity contribution in [1.82, 2.24) is 34.4 Å². The Morgan fingerprint density at radius 3 is 2.43 bits per heavy atom. The Morgan fingerprint density at radius 2 is 1.78 bits per heavy atom. The Labute approximate surface area is 377 Å². The number of fused-ring (bicyclic) bond motifs is 1. The van der Waals surface area contributed by atoms with Gasteiger partial charge in [-0.05, 0) is 38.8 Å². The van der Waals surface area contributed by atoms with E-state index in [2.05, 4.69) is 39.8 Å². The van der Waals surface area contributed by atoms with E-state index in [0.717, 1.165) is 10.9 Å². The molecule has 2 unspecified atom stereocenters. The van der Waals surface area contributed by atoms with Gasteiger partial charge < -0.3 is 55.5 Å². The Hall–Kier alpha value is -4.12. The Morgan fingerprint density at radius 1 is 1.08 bits per heavy atom. The van der Waals surface area contributed by atoms with Crippen LogP contribution in [0.3, 0.4) is 0 Å². The van der Waals surface area contributed by atoms with Gasteiger partial charge in [-0.2, -0.15) is 4.98 Å². The number of rotatable bonds is 19. The fraction of sp³-hybridized carbons (Fsp3) is 0.667. The second-order valence-electron chi connectivity index (χ2n) is 16.4. The van der Waals surface area contributed by atoms with E-state index >= 15 is 0 Å². The highest BCUT2D eigenvalue weighted by atomic mass is 33.1. The number of phosphoric acid groups is 2. The number of ether oxygens (including phenoxy) is 4. The Balaban J connectivity index is 1.42. The normalized spacial score (nSPS) is 24.5. The van der Waals surface area contributed by atoms with Crippen molar-refractivity contribution in [2.45, 2.75) is 119 Å². The Kier molecular flexibility index (Phi) is 16.9. The summed E-state index contributed by atoms with van der Waals surface area (Å²) in [5.74, 6) is -1.26. The van der Waals surface area contributed by atoms with Crippen LogP contribution in [0.15, 0.2) is 34.8 Å². The third-order valence-electron chi connectivity index (χ3n) is 8.90. The number of hydrogen-bond acceptors (Lipinski definition) is 22. The molecule has 0 saturated carbocycles. The second-order valence-corrected chi connectivity index (χ2v) is 22.4. The third-order valence-corrected chi connectivity index (χ3v) is 14.2. The molecule has 3 aromatic heterocycles. The summed E-state index contributed by atoms with van der Waals surface area (Å²) in [6.07, 6.45) is -8.80. The van der Waals surface area contributed by atoms with E-state index < -0.39 is 106 Å². The summed E-state index contributed by atoms with van der Waals surface area (Å²) in [5, 5.41) is 17.4. The second kappa shape index (κ2) is 21.2. The monoisotopic (exact) mass is 996 g/mol. The number of aliphatic hydroxyl groups excluding tert-OH is 1. The number of imidazole rings is 1. The molecule has 0 bridgehead atoms. The molecule has 2 aliphatic rings. The number of nitrogens with one attached hydrogen (secondary N) is 1. The zero-order chi connectivity index (χ0) is 48.1. The van der Waals surface area contributed by atoms with E-state index in [4.69, 9.17) is 45.0 Å². The number of amides is 1. The van der Waals surface area contributed by atoms with Crippen molar-refractivity contribution >= 4 is 72.1 Å². The van der Waals surface area contributed by atoms with Crippen LogP contribution in [0.25, 0.3) is 21.6 Å². The zero-order valence-electron chi connectivity index (χ0n) is 35.6. The SMILES string of the molecule is CC(C)(C)OC(=O)N[C@@H](CC(CN=[N+]=[N-])SSC(C)(C)C)C(=O)O[C@H]1[C@@H](O)[C@H](n2cnc3c(N)ncnc32)O[C@@H]1COP(=O)(O)O[C@H]1C[C@H](n2ccc(N)nc2=O)O[C@@H]1COP(=O)(O)O. The fourth-order valence-corrected chi connectivity index (χ4v) is 10.0. The molecule has 360 valence electrons. The summed E-state index contributed by atoms with van der Waals surface area (Å²) in [6.45, 7) is 8.73. The number of anilines is 2. The number of aliphatic hydroxyl groups is 1. The number of phosphoric ester groups is 2. The van der Waals surface area contributed by atoms with Crippen molar-refractivity contribution in [1.29, 1.82) is 0 Å². The van der Waals surface area contributed by atoms with E-state index in [0.29, 0.717) is 0 Å². The van der Waals surface area contributed by atoms with Gasteiger partial charge in [-0.1, -0.05) is 47.5 Å². The summed E-state index contributed by atoms with van der Waals surface area (Å²) in [7, 11) is -7.65. The molecule has 5 heterocycles. The van der Waals surface area contributed by atoms with Crippen molar-refractivity contribution in [3.05, 3.63) is 45.8 Å². The Bertz CT molecular complexity index is 2370. The maximum atomic E-state index is 14.2.